The predicted octanol–water partition coefficient (Wildman–Crippen LogP) is 3.44. The van der Waals surface area contributed by atoms with Crippen LogP contribution in [0.4, 0.5) is 0 Å². The molecular weight excluding hydrogens is 292 g/mol. The first-order chi connectivity index (χ1) is 10.7. The molecule has 3 aromatic rings. The number of carbonyl (C=O) groups is 1. The molecule has 1 aliphatic heterocycles. The third-order valence-corrected chi connectivity index (χ3v) is 5.65. The number of piperazine rings is 1. The molecule has 0 spiro atoms. The maximum Gasteiger partial charge on any atom is 0.255 e. The third-order valence-electron chi connectivity index (χ3n) is 4.43. The molecule has 0 bridgehead atoms. The standard InChI is InChI=1S/C18H18N2OS/c1-19-9-11-20(12-10-19)18(21)15-7-4-6-14-13-5-2-3-8-16(13)22-17(14)15/h2-8H,9-12H2,1H3. The van der Waals surface area contributed by atoms with Gasteiger partial charge in [-0.2, -0.15) is 0 Å². The lowest BCUT2D eigenvalue weighted by molar-refractivity contribution is 0.0666. The molecule has 1 fully saturated rings. The van der Waals surface area contributed by atoms with E-state index in [0.29, 0.717) is 0 Å². The number of fused-ring (bicyclic) bond motifs is 3. The van der Waals surface area contributed by atoms with E-state index in [9.17, 15) is 4.79 Å². The van der Waals surface area contributed by atoms with Gasteiger partial charge in [-0.15, -0.1) is 11.3 Å². The van der Waals surface area contributed by atoms with Gasteiger partial charge < -0.3 is 9.80 Å². The molecule has 4 heteroatoms. The summed E-state index contributed by atoms with van der Waals surface area (Å²) < 4.78 is 2.36. The van der Waals surface area contributed by atoms with E-state index in [-0.39, 0.29) is 5.91 Å². The first-order valence-electron chi connectivity index (χ1n) is 7.62. The van der Waals surface area contributed by atoms with Gasteiger partial charge in [-0.05, 0) is 19.2 Å². The molecule has 0 atom stereocenters. The quantitative estimate of drug-likeness (QED) is 0.687. The number of hydrogen-bond donors (Lipinski definition) is 0. The molecule has 2 aromatic carbocycles. The van der Waals surface area contributed by atoms with E-state index in [0.717, 1.165) is 36.4 Å². The lowest BCUT2D eigenvalue weighted by Gasteiger charge is -2.32. The van der Waals surface area contributed by atoms with Gasteiger partial charge in [0.25, 0.3) is 5.91 Å². The normalized spacial score (nSPS) is 16.5. The Morgan fingerprint density at radius 2 is 1.68 bits per heavy atom. The molecule has 0 unspecified atom stereocenters. The molecule has 3 nitrogen and oxygen atoms in total. The van der Waals surface area contributed by atoms with Gasteiger partial charge in [0.15, 0.2) is 0 Å². The Morgan fingerprint density at radius 3 is 2.50 bits per heavy atom. The zero-order valence-electron chi connectivity index (χ0n) is 12.6. The van der Waals surface area contributed by atoms with Crippen molar-refractivity contribution in [2.45, 2.75) is 0 Å². The van der Waals surface area contributed by atoms with Gasteiger partial charge in [0, 0.05) is 46.4 Å². The lowest BCUT2D eigenvalue weighted by Crippen LogP contribution is -2.47. The molecule has 4 rings (SSSR count). The molecule has 1 saturated heterocycles. The minimum absolute atomic E-state index is 0.172. The average molecular weight is 310 g/mol. The summed E-state index contributed by atoms with van der Waals surface area (Å²) in [5.74, 6) is 0.172. The van der Waals surface area contributed by atoms with Crippen molar-refractivity contribution in [2.24, 2.45) is 0 Å². The highest BCUT2D eigenvalue weighted by atomic mass is 32.1. The van der Waals surface area contributed by atoms with E-state index in [1.807, 2.05) is 17.0 Å². The number of benzene rings is 2. The SMILES string of the molecule is CN1CCN(C(=O)c2cccc3c2sc2ccccc23)CC1. The second kappa shape index (κ2) is 5.38. The van der Waals surface area contributed by atoms with Crippen molar-refractivity contribution in [2.75, 3.05) is 33.2 Å². The Labute approximate surface area is 133 Å². The first kappa shape index (κ1) is 13.7. The summed E-state index contributed by atoms with van der Waals surface area (Å²) in [6.07, 6.45) is 0. The topological polar surface area (TPSA) is 23.6 Å². The Morgan fingerprint density at radius 1 is 0.955 bits per heavy atom. The summed E-state index contributed by atoms with van der Waals surface area (Å²) in [6, 6.07) is 14.5. The summed E-state index contributed by atoms with van der Waals surface area (Å²) in [5, 5.41) is 2.44. The number of amides is 1. The van der Waals surface area contributed by atoms with Crippen molar-refractivity contribution >= 4 is 37.4 Å². The molecule has 0 saturated carbocycles. The number of hydrogen-bond acceptors (Lipinski definition) is 3. The fourth-order valence-electron chi connectivity index (χ4n) is 3.10. The zero-order valence-corrected chi connectivity index (χ0v) is 13.4. The number of likely N-dealkylation sites (N-methyl/N-ethyl adjacent to an activating group) is 1. The minimum Gasteiger partial charge on any atom is -0.336 e. The van der Waals surface area contributed by atoms with Gasteiger partial charge in [-0.1, -0.05) is 30.3 Å². The van der Waals surface area contributed by atoms with Crippen molar-refractivity contribution in [3.63, 3.8) is 0 Å². The van der Waals surface area contributed by atoms with Crippen LogP contribution in [0.1, 0.15) is 10.4 Å². The van der Waals surface area contributed by atoms with E-state index < -0.39 is 0 Å². The summed E-state index contributed by atoms with van der Waals surface area (Å²) in [4.78, 5) is 17.2. The highest BCUT2D eigenvalue weighted by Crippen LogP contribution is 2.36. The second-order valence-electron chi connectivity index (χ2n) is 5.88. The maximum absolute atomic E-state index is 12.9. The first-order valence-corrected chi connectivity index (χ1v) is 8.44. The van der Waals surface area contributed by atoms with Gasteiger partial charge in [-0.3, -0.25) is 4.79 Å². The number of nitrogens with zero attached hydrogens (tertiary/aromatic N) is 2. The molecule has 0 radical (unpaired) electrons. The molecule has 0 aliphatic carbocycles. The molecule has 1 aromatic heterocycles. The molecule has 1 amide bonds. The fourth-order valence-corrected chi connectivity index (χ4v) is 4.30. The van der Waals surface area contributed by atoms with E-state index in [1.54, 1.807) is 11.3 Å². The summed E-state index contributed by atoms with van der Waals surface area (Å²) in [5.41, 5.74) is 0.850. The Hall–Kier alpha value is -1.91. The minimum atomic E-state index is 0.172. The summed E-state index contributed by atoms with van der Waals surface area (Å²) >= 11 is 1.72. The number of thiophene rings is 1. The number of rotatable bonds is 1. The maximum atomic E-state index is 12.9. The van der Waals surface area contributed by atoms with Gasteiger partial charge in [0.1, 0.15) is 0 Å². The van der Waals surface area contributed by atoms with Crippen molar-refractivity contribution in [1.82, 2.24) is 9.80 Å². The van der Waals surface area contributed by atoms with E-state index >= 15 is 0 Å². The number of carbonyl (C=O) groups excluding carboxylic acids is 1. The summed E-state index contributed by atoms with van der Waals surface area (Å²) in [7, 11) is 2.11. The molecule has 0 N–H and O–H groups in total. The van der Waals surface area contributed by atoms with E-state index in [2.05, 4.69) is 42.3 Å². The second-order valence-corrected chi connectivity index (χ2v) is 6.93. The summed E-state index contributed by atoms with van der Waals surface area (Å²) in [6.45, 7) is 3.54. The molecule has 22 heavy (non-hydrogen) atoms. The lowest BCUT2D eigenvalue weighted by atomic mass is 10.1. The van der Waals surface area contributed by atoms with Crippen LogP contribution in [-0.2, 0) is 0 Å². The highest BCUT2D eigenvalue weighted by Gasteiger charge is 2.22. The van der Waals surface area contributed by atoms with Crippen LogP contribution in [0.3, 0.4) is 0 Å². The van der Waals surface area contributed by atoms with Crippen LogP contribution in [0.15, 0.2) is 42.5 Å². The van der Waals surface area contributed by atoms with Crippen LogP contribution in [0, 0.1) is 0 Å². The van der Waals surface area contributed by atoms with Crippen LogP contribution < -0.4 is 0 Å². The Kier molecular flexibility index (Phi) is 3.36. The van der Waals surface area contributed by atoms with Crippen LogP contribution in [0.5, 0.6) is 0 Å². The van der Waals surface area contributed by atoms with Crippen LogP contribution in [0.25, 0.3) is 20.2 Å². The molecule has 1 aliphatic rings. The molecule has 112 valence electrons. The van der Waals surface area contributed by atoms with E-state index in [1.165, 1.54) is 15.5 Å². The van der Waals surface area contributed by atoms with Crippen molar-refractivity contribution in [3.8, 4) is 0 Å². The third kappa shape index (κ3) is 2.19. The highest BCUT2D eigenvalue weighted by molar-refractivity contribution is 7.26. The molecule has 2 heterocycles. The van der Waals surface area contributed by atoms with Gasteiger partial charge in [0.05, 0.1) is 5.56 Å². The van der Waals surface area contributed by atoms with Crippen molar-refractivity contribution in [1.29, 1.82) is 0 Å². The average Bonchev–Trinajstić information content (AvgIpc) is 2.93. The fraction of sp³-hybridized carbons (Fsp3) is 0.278. The monoisotopic (exact) mass is 310 g/mol. The predicted molar refractivity (Wildman–Crippen MR) is 92.7 cm³/mol. The Balaban J connectivity index is 1.79. The zero-order chi connectivity index (χ0) is 15.1. The van der Waals surface area contributed by atoms with Crippen LogP contribution >= 0.6 is 11.3 Å². The van der Waals surface area contributed by atoms with Gasteiger partial charge in [0.2, 0.25) is 0 Å². The smallest absolute Gasteiger partial charge is 0.255 e. The molecular formula is C18H18N2OS. The van der Waals surface area contributed by atoms with E-state index in [4.69, 9.17) is 0 Å². The van der Waals surface area contributed by atoms with Gasteiger partial charge >= 0.3 is 0 Å². The van der Waals surface area contributed by atoms with Crippen LogP contribution in [0.2, 0.25) is 0 Å². The van der Waals surface area contributed by atoms with Crippen molar-refractivity contribution < 1.29 is 4.79 Å². The van der Waals surface area contributed by atoms with Crippen molar-refractivity contribution in [3.05, 3.63) is 48.0 Å². The Bertz CT molecular complexity index is 847. The van der Waals surface area contributed by atoms with Crippen LogP contribution in [-0.4, -0.2) is 48.9 Å². The largest absolute Gasteiger partial charge is 0.336 e. The van der Waals surface area contributed by atoms with Gasteiger partial charge in [-0.25, -0.2) is 0 Å².